The normalized spacial score (nSPS) is 13.9. The average molecular weight is 489 g/mol. The molecule has 0 fully saturated rings. The van der Waals surface area contributed by atoms with E-state index in [0.717, 1.165) is 24.2 Å². The summed E-state index contributed by atoms with van der Waals surface area (Å²) in [5.74, 6) is 2.04. The Kier molecular flexibility index (Phi) is 15.4. The Balaban J connectivity index is 0.0000102. The number of benzene rings is 1. The quantitative estimate of drug-likeness (QED) is 0.366. The molecule has 0 radical (unpaired) electrons. The fraction of sp³-hybridized carbons (Fsp3) is 0.720. The van der Waals surface area contributed by atoms with Gasteiger partial charge < -0.3 is 30.0 Å². The SMILES string of the molecule is COCCCOc1cc(C[C@@H](C[C@H](N)[C@@H](O)CN(C(C)=O)C(C)C)C(C)C)ccc1OC.Cl. The molecule has 1 amide bonds. The third kappa shape index (κ3) is 11.0. The fourth-order valence-electron chi connectivity index (χ4n) is 3.79. The van der Waals surface area contributed by atoms with E-state index >= 15 is 0 Å². The minimum Gasteiger partial charge on any atom is -0.493 e. The second-order valence-corrected chi connectivity index (χ2v) is 9.12. The molecule has 0 heterocycles. The van der Waals surface area contributed by atoms with E-state index in [-0.39, 0.29) is 36.8 Å². The summed E-state index contributed by atoms with van der Waals surface area (Å²) in [5, 5.41) is 10.7. The number of nitrogens with zero attached hydrogens (tertiary/aromatic N) is 1. The fourth-order valence-corrected chi connectivity index (χ4v) is 3.79. The van der Waals surface area contributed by atoms with Crippen molar-refractivity contribution in [2.45, 2.75) is 72.1 Å². The zero-order valence-corrected chi connectivity index (χ0v) is 22.2. The van der Waals surface area contributed by atoms with Crippen LogP contribution in [-0.4, -0.2) is 68.1 Å². The van der Waals surface area contributed by atoms with Crippen molar-refractivity contribution in [1.29, 1.82) is 0 Å². The Hall–Kier alpha value is -1.54. The third-order valence-corrected chi connectivity index (χ3v) is 5.90. The molecule has 192 valence electrons. The van der Waals surface area contributed by atoms with Gasteiger partial charge in [0.2, 0.25) is 5.91 Å². The van der Waals surface area contributed by atoms with Crippen molar-refractivity contribution in [2.75, 3.05) is 34.0 Å². The van der Waals surface area contributed by atoms with E-state index < -0.39 is 12.1 Å². The standard InChI is InChI=1S/C25H44N2O5.ClH/c1-17(2)21(15-22(26)23(29)16-27(18(3)4)19(5)28)13-20-9-10-24(31-7)25(14-20)32-12-8-11-30-6;/h9-10,14,17-18,21-23,29H,8,11-13,15-16,26H2,1-7H3;1H/t21-,22-,23-;/m0./s1. The summed E-state index contributed by atoms with van der Waals surface area (Å²) in [4.78, 5) is 13.5. The lowest BCUT2D eigenvalue weighted by molar-refractivity contribution is -0.132. The summed E-state index contributed by atoms with van der Waals surface area (Å²) in [5.41, 5.74) is 7.52. The van der Waals surface area contributed by atoms with Gasteiger partial charge in [-0.3, -0.25) is 4.79 Å². The molecule has 0 aliphatic heterocycles. The number of aliphatic hydroxyl groups excluding tert-OH is 1. The lowest BCUT2D eigenvalue weighted by Crippen LogP contribution is -2.48. The van der Waals surface area contributed by atoms with Crippen LogP contribution in [0.5, 0.6) is 11.5 Å². The first kappa shape index (κ1) is 31.5. The number of ether oxygens (including phenoxy) is 3. The third-order valence-electron chi connectivity index (χ3n) is 5.90. The maximum atomic E-state index is 11.9. The number of amides is 1. The summed E-state index contributed by atoms with van der Waals surface area (Å²) < 4.78 is 16.4. The van der Waals surface area contributed by atoms with E-state index in [1.807, 2.05) is 26.0 Å². The molecule has 0 aliphatic rings. The number of carbonyl (C=O) groups excluding carboxylic acids is 1. The van der Waals surface area contributed by atoms with Crippen LogP contribution >= 0.6 is 12.4 Å². The van der Waals surface area contributed by atoms with Crippen LogP contribution in [-0.2, 0) is 16.0 Å². The predicted octanol–water partition coefficient (Wildman–Crippen LogP) is 3.68. The first-order valence-electron chi connectivity index (χ1n) is 11.6. The van der Waals surface area contributed by atoms with Crippen molar-refractivity contribution in [3.63, 3.8) is 0 Å². The highest BCUT2D eigenvalue weighted by atomic mass is 35.5. The van der Waals surface area contributed by atoms with E-state index in [4.69, 9.17) is 19.9 Å². The first-order valence-corrected chi connectivity index (χ1v) is 11.6. The summed E-state index contributed by atoms with van der Waals surface area (Å²) in [6.07, 6.45) is 1.52. The number of carbonyl (C=O) groups is 1. The predicted molar refractivity (Wildman–Crippen MR) is 135 cm³/mol. The Morgan fingerprint density at radius 1 is 1.12 bits per heavy atom. The van der Waals surface area contributed by atoms with Crippen LogP contribution in [0.4, 0.5) is 0 Å². The molecule has 0 aromatic heterocycles. The lowest BCUT2D eigenvalue weighted by Gasteiger charge is -2.32. The maximum Gasteiger partial charge on any atom is 0.219 e. The lowest BCUT2D eigenvalue weighted by atomic mass is 9.83. The maximum absolute atomic E-state index is 11.9. The molecule has 0 spiro atoms. The summed E-state index contributed by atoms with van der Waals surface area (Å²) in [6.45, 7) is 11.2. The van der Waals surface area contributed by atoms with Gasteiger partial charge in [-0.1, -0.05) is 19.9 Å². The molecule has 1 rings (SSSR count). The van der Waals surface area contributed by atoms with E-state index in [1.165, 1.54) is 6.92 Å². The second kappa shape index (κ2) is 16.1. The van der Waals surface area contributed by atoms with Gasteiger partial charge in [0.05, 0.1) is 19.8 Å². The van der Waals surface area contributed by atoms with Crippen LogP contribution in [0.3, 0.4) is 0 Å². The summed E-state index contributed by atoms with van der Waals surface area (Å²) >= 11 is 0. The number of rotatable bonds is 15. The van der Waals surface area contributed by atoms with Crippen LogP contribution in [0.1, 0.15) is 53.0 Å². The van der Waals surface area contributed by atoms with Gasteiger partial charge >= 0.3 is 0 Å². The number of halogens is 1. The van der Waals surface area contributed by atoms with Gasteiger partial charge in [-0.15, -0.1) is 12.4 Å². The smallest absolute Gasteiger partial charge is 0.219 e. The number of nitrogens with two attached hydrogens (primary N) is 1. The Labute approximate surface area is 206 Å². The van der Waals surface area contributed by atoms with Crippen LogP contribution in [0.25, 0.3) is 0 Å². The molecule has 0 saturated carbocycles. The molecule has 1 aromatic carbocycles. The van der Waals surface area contributed by atoms with Gasteiger partial charge in [0, 0.05) is 45.7 Å². The van der Waals surface area contributed by atoms with Crippen LogP contribution in [0, 0.1) is 11.8 Å². The average Bonchev–Trinajstić information content (AvgIpc) is 2.73. The van der Waals surface area contributed by atoms with Crippen molar-refractivity contribution < 1.29 is 24.1 Å². The van der Waals surface area contributed by atoms with Crippen molar-refractivity contribution in [1.82, 2.24) is 4.90 Å². The van der Waals surface area contributed by atoms with Gasteiger partial charge in [-0.05, 0) is 56.2 Å². The van der Waals surface area contributed by atoms with Gasteiger partial charge in [0.15, 0.2) is 11.5 Å². The van der Waals surface area contributed by atoms with E-state index in [1.54, 1.807) is 19.1 Å². The number of hydrogen-bond acceptors (Lipinski definition) is 6. The number of hydrogen-bond donors (Lipinski definition) is 2. The van der Waals surface area contributed by atoms with Gasteiger partial charge in [-0.2, -0.15) is 0 Å². The molecule has 3 atom stereocenters. The monoisotopic (exact) mass is 488 g/mol. The van der Waals surface area contributed by atoms with Crippen molar-refractivity contribution in [3.05, 3.63) is 23.8 Å². The van der Waals surface area contributed by atoms with Gasteiger partial charge in [0.25, 0.3) is 0 Å². The van der Waals surface area contributed by atoms with E-state index in [9.17, 15) is 9.90 Å². The Morgan fingerprint density at radius 2 is 1.79 bits per heavy atom. The number of aliphatic hydroxyl groups is 1. The van der Waals surface area contributed by atoms with Crippen LogP contribution in [0.15, 0.2) is 18.2 Å². The molecule has 33 heavy (non-hydrogen) atoms. The molecule has 0 saturated heterocycles. The molecular formula is C25H45ClN2O5. The summed E-state index contributed by atoms with van der Waals surface area (Å²) in [6, 6.07) is 5.62. The Bertz CT molecular complexity index is 687. The summed E-state index contributed by atoms with van der Waals surface area (Å²) in [7, 11) is 3.31. The zero-order chi connectivity index (χ0) is 24.3. The van der Waals surface area contributed by atoms with Gasteiger partial charge in [-0.25, -0.2) is 0 Å². The highest BCUT2D eigenvalue weighted by Crippen LogP contribution is 2.31. The largest absolute Gasteiger partial charge is 0.493 e. The first-order chi connectivity index (χ1) is 15.1. The topological polar surface area (TPSA) is 94.3 Å². The van der Waals surface area contributed by atoms with Gasteiger partial charge in [0.1, 0.15) is 0 Å². The van der Waals surface area contributed by atoms with Crippen molar-refractivity contribution in [3.8, 4) is 11.5 Å². The molecule has 7 nitrogen and oxygen atoms in total. The minimum absolute atomic E-state index is 0. The molecular weight excluding hydrogens is 444 g/mol. The molecule has 1 aromatic rings. The highest BCUT2D eigenvalue weighted by Gasteiger charge is 2.26. The highest BCUT2D eigenvalue weighted by molar-refractivity contribution is 5.85. The number of methoxy groups -OCH3 is 2. The second-order valence-electron chi connectivity index (χ2n) is 9.12. The molecule has 0 unspecified atom stereocenters. The van der Waals surface area contributed by atoms with E-state index in [0.29, 0.717) is 31.3 Å². The van der Waals surface area contributed by atoms with Crippen LogP contribution < -0.4 is 15.2 Å². The Morgan fingerprint density at radius 3 is 2.30 bits per heavy atom. The zero-order valence-electron chi connectivity index (χ0n) is 21.4. The molecule has 0 aliphatic carbocycles. The molecule has 8 heteroatoms. The van der Waals surface area contributed by atoms with E-state index in [2.05, 4.69) is 19.9 Å². The van der Waals surface area contributed by atoms with Crippen LogP contribution in [0.2, 0.25) is 0 Å². The van der Waals surface area contributed by atoms with Crippen molar-refractivity contribution in [2.24, 2.45) is 17.6 Å². The molecule has 0 bridgehead atoms. The minimum atomic E-state index is -0.766. The van der Waals surface area contributed by atoms with Crippen molar-refractivity contribution >= 4 is 18.3 Å². The molecule has 3 N–H and O–H groups in total.